The van der Waals surface area contributed by atoms with Crippen molar-refractivity contribution in [3.8, 4) is 0 Å². The minimum absolute atomic E-state index is 0.0295. The fourth-order valence-corrected chi connectivity index (χ4v) is 3.40. The van der Waals surface area contributed by atoms with Crippen molar-refractivity contribution in [2.24, 2.45) is 11.3 Å². The molecule has 0 spiro atoms. The number of aliphatic hydroxyl groups excluding tert-OH is 1. The lowest BCUT2D eigenvalue weighted by Crippen LogP contribution is -2.50. The quantitative estimate of drug-likeness (QED) is 0.815. The standard InChI is InChI=1S/C17H30N2O3/c1-17(2,3)16(22)19-10-8-12(9-11-19)15(21)18-13-6-4-5-7-14(13)20/h12-14,20H,4-11H2,1-3H3,(H,18,21). The van der Waals surface area contributed by atoms with Crippen molar-refractivity contribution < 1.29 is 14.7 Å². The topological polar surface area (TPSA) is 69.6 Å². The molecule has 1 saturated carbocycles. The average Bonchev–Trinajstić information content (AvgIpc) is 2.48. The Morgan fingerprint density at radius 3 is 2.18 bits per heavy atom. The molecule has 126 valence electrons. The van der Waals surface area contributed by atoms with Crippen LogP contribution in [0.15, 0.2) is 0 Å². The van der Waals surface area contributed by atoms with Crippen molar-refractivity contribution >= 4 is 11.8 Å². The van der Waals surface area contributed by atoms with Gasteiger partial charge in [0.2, 0.25) is 11.8 Å². The molecule has 0 aromatic heterocycles. The van der Waals surface area contributed by atoms with E-state index in [0.29, 0.717) is 13.1 Å². The number of hydrogen-bond acceptors (Lipinski definition) is 3. The molecule has 22 heavy (non-hydrogen) atoms. The van der Waals surface area contributed by atoms with Crippen molar-refractivity contribution in [2.75, 3.05) is 13.1 Å². The molecule has 2 rings (SSSR count). The molecule has 1 heterocycles. The van der Waals surface area contributed by atoms with Crippen molar-refractivity contribution in [3.05, 3.63) is 0 Å². The van der Waals surface area contributed by atoms with Crippen molar-refractivity contribution in [1.29, 1.82) is 0 Å². The van der Waals surface area contributed by atoms with E-state index in [1.165, 1.54) is 0 Å². The van der Waals surface area contributed by atoms with Gasteiger partial charge < -0.3 is 15.3 Å². The van der Waals surface area contributed by atoms with Crippen LogP contribution in [0.2, 0.25) is 0 Å². The molecule has 1 aliphatic carbocycles. The summed E-state index contributed by atoms with van der Waals surface area (Å²) in [6.07, 6.45) is 4.80. The van der Waals surface area contributed by atoms with Crippen LogP contribution in [0.4, 0.5) is 0 Å². The minimum atomic E-state index is -0.403. The Labute approximate surface area is 133 Å². The number of rotatable bonds is 2. The largest absolute Gasteiger partial charge is 0.391 e. The van der Waals surface area contributed by atoms with Crippen LogP contribution in [-0.4, -0.2) is 47.1 Å². The predicted octanol–water partition coefficient (Wildman–Crippen LogP) is 1.69. The number of hydrogen-bond donors (Lipinski definition) is 2. The minimum Gasteiger partial charge on any atom is -0.391 e. The van der Waals surface area contributed by atoms with Gasteiger partial charge in [0.1, 0.15) is 0 Å². The molecule has 2 atom stereocenters. The predicted molar refractivity (Wildman–Crippen MR) is 85.2 cm³/mol. The summed E-state index contributed by atoms with van der Waals surface area (Å²) in [5.41, 5.74) is -0.360. The number of aliphatic hydroxyl groups is 1. The van der Waals surface area contributed by atoms with Crippen molar-refractivity contribution in [3.63, 3.8) is 0 Å². The molecule has 2 aliphatic rings. The summed E-state index contributed by atoms with van der Waals surface area (Å²) in [5, 5.41) is 13.0. The molecule has 0 aromatic rings. The molecule has 1 saturated heterocycles. The van der Waals surface area contributed by atoms with E-state index in [9.17, 15) is 14.7 Å². The van der Waals surface area contributed by atoms with Gasteiger partial charge in [-0.2, -0.15) is 0 Å². The third-order valence-electron chi connectivity index (χ3n) is 4.85. The van der Waals surface area contributed by atoms with E-state index >= 15 is 0 Å². The van der Waals surface area contributed by atoms with Crippen LogP contribution in [0.3, 0.4) is 0 Å². The highest BCUT2D eigenvalue weighted by Crippen LogP contribution is 2.25. The van der Waals surface area contributed by atoms with E-state index in [2.05, 4.69) is 5.32 Å². The van der Waals surface area contributed by atoms with E-state index in [-0.39, 0.29) is 29.2 Å². The van der Waals surface area contributed by atoms with Crippen LogP contribution in [0.25, 0.3) is 0 Å². The smallest absolute Gasteiger partial charge is 0.227 e. The van der Waals surface area contributed by atoms with Gasteiger partial charge in [-0.25, -0.2) is 0 Å². The van der Waals surface area contributed by atoms with Gasteiger partial charge in [0.05, 0.1) is 12.1 Å². The molecule has 2 fully saturated rings. The zero-order valence-corrected chi connectivity index (χ0v) is 14.1. The van der Waals surface area contributed by atoms with Crippen molar-refractivity contribution in [2.45, 2.75) is 71.4 Å². The Balaban J connectivity index is 1.81. The zero-order chi connectivity index (χ0) is 16.3. The monoisotopic (exact) mass is 310 g/mol. The maximum absolute atomic E-state index is 12.4. The zero-order valence-electron chi connectivity index (χ0n) is 14.1. The first-order valence-corrected chi connectivity index (χ1v) is 8.57. The third-order valence-corrected chi connectivity index (χ3v) is 4.85. The fraction of sp³-hybridized carbons (Fsp3) is 0.882. The van der Waals surface area contributed by atoms with Crippen molar-refractivity contribution in [1.82, 2.24) is 10.2 Å². The van der Waals surface area contributed by atoms with E-state index in [1.807, 2.05) is 25.7 Å². The number of likely N-dealkylation sites (tertiary alicyclic amines) is 1. The summed E-state index contributed by atoms with van der Waals surface area (Å²) in [6.45, 7) is 7.10. The van der Waals surface area contributed by atoms with E-state index < -0.39 is 6.10 Å². The third kappa shape index (κ3) is 4.22. The maximum Gasteiger partial charge on any atom is 0.227 e. The van der Waals surface area contributed by atoms with E-state index in [0.717, 1.165) is 38.5 Å². The molecule has 5 heteroatoms. The molecule has 0 aromatic carbocycles. The first kappa shape index (κ1) is 17.3. The van der Waals surface area contributed by atoms with Gasteiger partial charge in [-0.05, 0) is 25.7 Å². The Bertz CT molecular complexity index is 409. The number of carbonyl (C=O) groups excluding carboxylic acids is 2. The van der Waals surface area contributed by atoms with Gasteiger partial charge in [-0.1, -0.05) is 33.6 Å². The number of carbonyl (C=O) groups is 2. The molecular formula is C17H30N2O3. The summed E-state index contributed by atoms with van der Waals surface area (Å²) >= 11 is 0. The lowest BCUT2D eigenvalue weighted by atomic mass is 9.89. The van der Waals surface area contributed by atoms with E-state index in [1.54, 1.807) is 0 Å². The molecule has 2 amide bonds. The van der Waals surface area contributed by atoms with E-state index in [4.69, 9.17) is 0 Å². The van der Waals surface area contributed by atoms with Crippen LogP contribution in [0, 0.1) is 11.3 Å². The molecule has 0 radical (unpaired) electrons. The van der Waals surface area contributed by atoms with Gasteiger partial charge in [0.25, 0.3) is 0 Å². The Kier molecular flexibility index (Phi) is 5.48. The van der Waals surface area contributed by atoms with Crippen LogP contribution in [0.1, 0.15) is 59.3 Å². The highest BCUT2D eigenvalue weighted by atomic mass is 16.3. The van der Waals surface area contributed by atoms with Gasteiger partial charge in [0, 0.05) is 24.4 Å². The van der Waals surface area contributed by atoms with Crippen LogP contribution >= 0.6 is 0 Å². The number of nitrogens with zero attached hydrogens (tertiary/aromatic N) is 1. The molecular weight excluding hydrogens is 280 g/mol. The first-order chi connectivity index (χ1) is 10.3. The van der Waals surface area contributed by atoms with Gasteiger partial charge in [0.15, 0.2) is 0 Å². The molecule has 2 unspecified atom stereocenters. The average molecular weight is 310 g/mol. The Morgan fingerprint density at radius 2 is 1.64 bits per heavy atom. The summed E-state index contributed by atoms with van der Waals surface area (Å²) in [5.74, 6) is 0.181. The molecule has 5 nitrogen and oxygen atoms in total. The lowest BCUT2D eigenvalue weighted by molar-refractivity contribution is -0.142. The summed E-state index contributed by atoms with van der Waals surface area (Å²) < 4.78 is 0. The second-order valence-corrected chi connectivity index (χ2v) is 7.78. The first-order valence-electron chi connectivity index (χ1n) is 8.57. The molecule has 2 N–H and O–H groups in total. The van der Waals surface area contributed by atoms with Gasteiger partial charge in [-0.3, -0.25) is 9.59 Å². The molecule has 0 bridgehead atoms. The Morgan fingerprint density at radius 1 is 1.05 bits per heavy atom. The normalized spacial score (nSPS) is 27.5. The second-order valence-electron chi connectivity index (χ2n) is 7.78. The maximum atomic E-state index is 12.4. The summed E-state index contributed by atoms with van der Waals surface area (Å²) in [4.78, 5) is 26.5. The van der Waals surface area contributed by atoms with Crippen LogP contribution < -0.4 is 5.32 Å². The second kappa shape index (κ2) is 6.99. The highest BCUT2D eigenvalue weighted by molar-refractivity contribution is 5.82. The van der Waals surface area contributed by atoms with Crippen LogP contribution in [-0.2, 0) is 9.59 Å². The van der Waals surface area contributed by atoms with Gasteiger partial charge >= 0.3 is 0 Å². The number of nitrogens with one attached hydrogen (secondary N) is 1. The summed E-state index contributed by atoms with van der Waals surface area (Å²) in [6, 6.07) is -0.0875. The summed E-state index contributed by atoms with van der Waals surface area (Å²) in [7, 11) is 0. The number of amides is 2. The van der Waals surface area contributed by atoms with Crippen LogP contribution in [0.5, 0.6) is 0 Å². The molecule has 1 aliphatic heterocycles. The van der Waals surface area contributed by atoms with Gasteiger partial charge in [-0.15, -0.1) is 0 Å². The Hall–Kier alpha value is -1.10. The number of piperidine rings is 1. The fourth-order valence-electron chi connectivity index (χ4n) is 3.40. The lowest BCUT2D eigenvalue weighted by Gasteiger charge is -2.36. The SMILES string of the molecule is CC(C)(C)C(=O)N1CCC(C(=O)NC2CCCCC2O)CC1. The highest BCUT2D eigenvalue weighted by Gasteiger charge is 2.33.